The standard InChI is InChI=1S/C9H11NO3.C4H9NO3.C3H7NO2S/c10-8(9(12)13)5-6-1-3-7(11)4-2-6;1-2(6)3(5)4(7)8;4-2(1-7)3(5)6/h1-4,8,11H,5,10H2,(H,12,13);2-3,6H,5H2,1H3,(H,7,8);2,7H,1,4H2,(H,5,6). The van der Waals surface area contributed by atoms with Gasteiger partial charge in [-0.25, -0.2) is 0 Å². The number of rotatable bonds is 7. The summed E-state index contributed by atoms with van der Waals surface area (Å²) in [5.74, 6) is -2.86. The largest absolute Gasteiger partial charge is 0.508 e. The zero-order valence-corrected chi connectivity index (χ0v) is 16.1. The van der Waals surface area contributed by atoms with Crippen molar-refractivity contribution in [3.8, 4) is 5.75 Å². The lowest BCUT2D eigenvalue weighted by molar-refractivity contribution is -0.141. The number of aromatic hydroxyl groups is 1. The van der Waals surface area contributed by atoms with Crippen LogP contribution < -0.4 is 17.2 Å². The van der Waals surface area contributed by atoms with Gasteiger partial charge in [-0.15, -0.1) is 0 Å². The quantitative estimate of drug-likeness (QED) is 0.229. The van der Waals surface area contributed by atoms with Crippen LogP contribution in [0, 0.1) is 0 Å². The highest BCUT2D eigenvalue weighted by molar-refractivity contribution is 7.80. The molecule has 1 aromatic rings. The molecule has 11 N–H and O–H groups in total. The summed E-state index contributed by atoms with van der Waals surface area (Å²) >= 11 is 3.65. The fraction of sp³-hybridized carbons (Fsp3) is 0.438. The average molecular weight is 421 g/mol. The lowest BCUT2D eigenvalue weighted by atomic mass is 10.1. The smallest absolute Gasteiger partial charge is 0.323 e. The second kappa shape index (κ2) is 14.6. The van der Waals surface area contributed by atoms with Crippen LogP contribution in [0.2, 0.25) is 0 Å². The minimum absolute atomic E-state index is 0.160. The number of carbonyl (C=O) groups is 3. The van der Waals surface area contributed by atoms with E-state index in [1.165, 1.54) is 19.1 Å². The molecule has 0 aliphatic carbocycles. The van der Waals surface area contributed by atoms with E-state index in [9.17, 15) is 14.4 Å². The second-order valence-corrected chi connectivity index (χ2v) is 5.91. The SMILES string of the molecule is CC(O)C(N)C(=O)O.NC(CS)C(=O)O.NC(Cc1ccc(O)cc1)C(=O)O. The van der Waals surface area contributed by atoms with Gasteiger partial charge >= 0.3 is 17.9 Å². The molecule has 0 aromatic heterocycles. The summed E-state index contributed by atoms with van der Waals surface area (Å²) in [7, 11) is 0. The number of aliphatic hydroxyl groups excluding tert-OH is 1. The Morgan fingerprint density at radius 2 is 1.36 bits per heavy atom. The molecule has 28 heavy (non-hydrogen) atoms. The molecule has 0 aliphatic heterocycles. The minimum atomic E-state index is -1.18. The summed E-state index contributed by atoms with van der Waals surface area (Å²) in [6.07, 6.45) is -0.706. The fourth-order valence-corrected chi connectivity index (χ4v) is 1.41. The molecule has 0 bridgehead atoms. The molecule has 0 amide bonds. The third-order valence-corrected chi connectivity index (χ3v) is 3.42. The molecule has 0 saturated carbocycles. The van der Waals surface area contributed by atoms with E-state index in [-0.39, 0.29) is 17.9 Å². The van der Waals surface area contributed by atoms with Gasteiger partial charge in [0.25, 0.3) is 0 Å². The zero-order valence-electron chi connectivity index (χ0n) is 15.2. The third kappa shape index (κ3) is 13.8. The molecule has 1 rings (SSSR count). The van der Waals surface area contributed by atoms with Gasteiger partial charge in [-0.2, -0.15) is 12.6 Å². The summed E-state index contributed by atoms with van der Waals surface area (Å²) < 4.78 is 0. The first-order chi connectivity index (χ1) is 12.8. The Hall–Kier alpha value is -2.38. The Labute approximate surface area is 167 Å². The molecule has 0 fully saturated rings. The number of aliphatic hydroxyl groups is 1. The molecule has 11 nitrogen and oxygen atoms in total. The van der Waals surface area contributed by atoms with Crippen LogP contribution >= 0.6 is 12.6 Å². The maximum Gasteiger partial charge on any atom is 0.323 e. The van der Waals surface area contributed by atoms with Crippen LogP contribution in [-0.4, -0.2) is 73.4 Å². The van der Waals surface area contributed by atoms with Crippen molar-refractivity contribution in [2.24, 2.45) is 17.2 Å². The Morgan fingerprint density at radius 1 is 0.929 bits per heavy atom. The molecule has 1 aromatic carbocycles. The molecule has 0 radical (unpaired) electrons. The molecular formula is C16H27N3O8S. The first-order valence-electron chi connectivity index (χ1n) is 7.85. The maximum atomic E-state index is 10.4. The Balaban J connectivity index is 0. The Bertz CT molecular complexity index is 612. The van der Waals surface area contributed by atoms with Crippen LogP contribution in [0.15, 0.2) is 24.3 Å². The topological polar surface area (TPSA) is 230 Å². The predicted molar refractivity (Wildman–Crippen MR) is 104 cm³/mol. The van der Waals surface area contributed by atoms with Gasteiger partial charge in [0.2, 0.25) is 0 Å². The number of aliphatic carboxylic acids is 3. The van der Waals surface area contributed by atoms with E-state index in [4.69, 9.17) is 42.7 Å². The van der Waals surface area contributed by atoms with Crippen molar-refractivity contribution in [3.63, 3.8) is 0 Å². The fourth-order valence-electron chi connectivity index (χ4n) is 1.26. The number of benzene rings is 1. The summed E-state index contributed by atoms with van der Waals surface area (Å²) in [5.41, 5.74) is 16.0. The Morgan fingerprint density at radius 3 is 1.57 bits per heavy atom. The monoisotopic (exact) mass is 421 g/mol. The summed E-state index contributed by atoms with van der Waals surface area (Å²) in [5, 5.41) is 42.0. The van der Waals surface area contributed by atoms with Gasteiger partial charge in [0.15, 0.2) is 0 Å². The second-order valence-electron chi connectivity index (χ2n) is 5.55. The van der Waals surface area contributed by atoms with Crippen molar-refractivity contribution >= 4 is 30.5 Å². The molecule has 0 saturated heterocycles. The maximum absolute atomic E-state index is 10.4. The number of carboxylic acids is 3. The highest BCUT2D eigenvalue weighted by Crippen LogP contribution is 2.10. The van der Waals surface area contributed by atoms with E-state index in [1.807, 2.05) is 0 Å². The molecule has 12 heteroatoms. The van der Waals surface area contributed by atoms with Crippen molar-refractivity contribution in [2.75, 3.05) is 5.75 Å². The van der Waals surface area contributed by atoms with Crippen LogP contribution in [0.4, 0.5) is 0 Å². The first kappa shape index (κ1) is 27.8. The van der Waals surface area contributed by atoms with Crippen molar-refractivity contribution in [1.29, 1.82) is 0 Å². The number of nitrogens with two attached hydrogens (primary N) is 3. The van der Waals surface area contributed by atoms with Gasteiger partial charge < -0.3 is 42.7 Å². The summed E-state index contributed by atoms with van der Waals surface area (Å²) in [4.78, 5) is 30.0. The van der Waals surface area contributed by atoms with E-state index < -0.39 is 42.1 Å². The van der Waals surface area contributed by atoms with E-state index in [0.717, 1.165) is 5.56 Å². The van der Waals surface area contributed by atoms with E-state index >= 15 is 0 Å². The number of hydrogen-bond acceptors (Lipinski definition) is 9. The van der Waals surface area contributed by atoms with Crippen LogP contribution in [0.5, 0.6) is 5.75 Å². The molecule has 4 atom stereocenters. The lowest BCUT2D eigenvalue weighted by Gasteiger charge is -2.06. The molecule has 160 valence electrons. The average Bonchev–Trinajstić information content (AvgIpc) is 2.62. The van der Waals surface area contributed by atoms with Gasteiger partial charge in [0.05, 0.1) is 6.10 Å². The highest BCUT2D eigenvalue weighted by atomic mass is 32.1. The molecule has 0 spiro atoms. The van der Waals surface area contributed by atoms with Crippen molar-refractivity contribution < 1.29 is 39.9 Å². The van der Waals surface area contributed by atoms with Gasteiger partial charge in [0, 0.05) is 5.75 Å². The van der Waals surface area contributed by atoms with E-state index in [1.54, 1.807) is 12.1 Å². The molecular weight excluding hydrogens is 394 g/mol. The van der Waals surface area contributed by atoms with E-state index in [0.29, 0.717) is 0 Å². The number of carboxylic acid groups (broad SMARTS) is 3. The third-order valence-electron chi connectivity index (χ3n) is 3.03. The normalized spacial score (nSPS) is 14.1. The van der Waals surface area contributed by atoms with Gasteiger partial charge in [-0.3, -0.25) is 14.4 Å². The summed E-state index contributed by atoms with van der Waals surface area (Å²) in [6, 6.07) is 3.45. The number of hydrogen-bond donors (Lipinski definition) is 9. The van der Waals surface area contributed by atoms with Crippen molar-refractivity contribution in [3.05, 3.63) is 29.8 Å². The number of thiol groups is 1. The van der Waals surface area contributed by atoms with Gasteiger partial charge in [-0.1, -0.05) is 12.1 Å². The number of phenols is 1. The molecule has 0 heterocycles. The molecule has 0 aliphatic rings. The minimum Gasteiger partial charge on any atom is -0.508 e. The highest BCUT2D eigenvalue weighted by Gasteiger charge is 2.16. The predicted octanol–water partition coefficient (Wildman–Crippen LogP) is -1.55. The van der Waals surface area contributed by atoms with Crippen LogP contribution in [0.1, 0.15) is 12.5 Å². The molecule has 4 unspecified atom stereocenters. The van der Waals surface area contributed by atoms with Crippen LogP contribution in [0.25, 0.3) is 0 Å². The van der Waals surface area contributed by atoms with Gasteiger partial charge in [0.1, 0.15) is 23.9 Å². The van der Waals surface area contributed by atoms with Crippen LogP contribution in [-0.2, 0) is 20.8 Å². The number of phenolic OH excluding ortho intramolecular Hbond substituents is 1. The van der Waals surface area contributed by atoms with Crippen molar-refractivity contribution in [1.82, 2.24) is 0 Å². The van der Waals surface area contributed by atoms with E-state index in [2.05, 4.69) is 12.6 Å². The lowest BCUT2D eigenvalue weighted by Crippen LogP contribution is -2.39. The Kier molecular flexibility index (Phi) is 14.6. The zero-order chi connectivity index (χ0) is 22.4. The first-order valence-corrected chi connectivity index (χ1v) is 8.48. The van der Waals surface area contributed by atoms with Crippen molar-refractivity contribution in [2.45, 2.75) is 37.6 Å². The van der Waals surface area contributed by atoms with Crippen LogP contribution in [0.3, 0.4) is 0 Å². The van der Waals surface area contributed by atoms with Gasteiger partial charge in [-0.05, 0) is 31.0 Å². The summed E-state index contributed by atoms with van der Waals surface area (Å²) in [6.45, 7) is 1.33.